The van der Waals surface area contributed by atoms with Crippen molar-refractivity contribution in [3.05, 3.63) is 69.4 Å². The largest absolute Gasteiger partial charge is 0.368 e. The number of halogens is 2. The second-order valence-corrected chi connectivity index (χ2v) is 7.18. The Morgan fingerprint density at radius 3 is 2.53 bits per heavy atom. The number of tetrazole rings is 1. The van der Waals surface area contributed by atoms with Crippen LogP contribution in [0.4, 0.5) is 10.1 Å². The number of amides is 2. The maximum absolute atomic E-state index is 13.9. The van der Waals surface area contributed by atoms with Crippen molar-refractivity contribution in [1.29, 1.82) is 0 Å². The lowest BCUT2D eigenvalue weighted by Gasteiger charge is -2.08. The van der Waals surface area contributed by atoms with Gasteiger partial charge in [0, 0.05) is 11.7 Å². The number of rotatable bonds is 6. The van der Waals surface area contributed by atoms with Crippen molar-refractivity contribution in [1.82, 2.24) is 25.1 Å². The Hall–Kier alpha value is -3.53. The number of benzene rings is 2. The summed E-state index contributed by atoms with van der Waals surface area (Å²) >= 11 is 5.90. The summed E-state index contributed by atoms with van der Waals surface area (Å²) in [5.41, 5.74) is -0.0779. The third kappa shape index (κ3) is 4.23. The Kier molecular flexibility index (Phi) is 5.32. The first-order valence-corrected chi connectivity index (χ1v) is 9.48. The van der Waals surface area contributed by atoms with Crippen molar-refractivity contribution < 1.29 is 14.0 Å². The van der Waals surface area contributed by atoms with Gasteiger partial charge in [-0.2, -0.15) is 9.36 Å². The molecule has 0 radical (unpaired) electrons. The monoisotopic (exact) mass is 430 g/mol. The molecule has 0 aliphatic heterocycles. The zero-order valence-electron chi connectivity index (χ0n) is 15.5. The molecule has 2 amide bonds. The van der Waals surface area contributed by atoms with Gasteiger partial charge in [0.05, 0.1) is 16.3 Å². The summed E-state index contributed by atoms with van der Waals surface area (Å²) in [5.74, 6) is -1.72. The molecular formula is C19H16ClFN6O3. The van der Waals surface area contributed by atoms with Crippen molar-refractivity contribution in [3.8, 4) is 5.69 Å². The molecule has 3 aromatic rings. The van der Waals surface area contributed by atoms with E-state index in [0.29, 0.717) is 11.4 Å². The van der Waals surface area contributed by atoms with Crippen molar-refractivity contribution >= 4 is 29.1 Å². The highest BCUT2D eigenvalue weighted by atomic mass is 35.5. The first-order chi connectivity index (χ1) is 14.4. The molecule has 2 N–H and O–H groups in total. The average molecular weight is 431 g/mol. The summed E-state index contributed by atoms with van der Waals surface area (Å²) in [4.78, 5) is 36.6. The van der Waals surface area contributed by atoms with Crippen LogP contribution in [0, 0.1) is 5.82 Å². The molecular weight excluding hydrogens is 415 g/mol. The van der Waals surface area contributed by atoms with Crippen LogP contribution in [0.25, 0.3) is 5.69 Å². The molecule has 154 valence electrons. The summed E-state index contributed by atoms with van der Waals surface area (Å²) in [7, 11) is 0. The summed E-state index contributed by atoms with van der Waals surface area (Å²) < 4.78 is 15.9. The summed E-state index contributed by atoms with van der Waals surface area (Å²) in [5, 5.41) is 12.8. The van der Waals surface area contributed by atoms with Crippen LogP contribution in [0.3, 0.4) is 0 Å². The molecule has 4 rings (SSSR count). The molecule has 0 spiro atoms. The highest BCUT2D eigenvalue weighted by Gasteiger charge is 2.24. The van der Waals surface area contributed by atoms with Crippen LogP contribution in [0.5, 0.6) is 0 Å². The zero-order chi connectivity index (χ0) is 21.3. The number of nitrogens with one attached hydrogen (secondary N) is 2. The van der Waals surface area contributed by atoms with Crippen LogP contribution in [0.15, 0.2) is 47.3 Å². The second kappa shape index (κ2) is 8.07. The Balaban J connectivity index is 1.46. The molecule has 1 aliphatic carbocycles. The number of aromatic nitrogens is 4. The first-order valence-electron chi connectivity index (χ1n) is 9.10. The van der Waals surface area contributed by atoms with Crippen molar-refractivity contribution in [2.24, 2.45) is 0 Å². The highest BCUT2D eigenvalue weighted by Crippen LogP contribution is 2.21. The average Bonchev–Trinajstić information content (AvgIpc) is 3.44. The van der Waals surface area contributed by atoms with Gasteiger partial charge in [-0.25, -0.2) is 9.18 Å². The van der Waals surface area contributed by atoms with Crippen LogP contribution in [-0.4, -0.2) is 37.6 Å². The highest BCUT2D eigenvalue weighted by molar-refractivity contribution is 6.34. The predicted octanol–water partition coefficient (Wildman–Crippen LogP) is 1.75. The molecule has 1 aliphatic rings. The van der Waals surface area contributed by atoms with Crippen molar-refractivity contribution in [2.45, 2.75) is 25.4 Å². The number of carbonyl (C=O) groups excluding carboxylic acids is 2. The van der Waals surface area contributed by atoms with E-state index in [1.54, 1.807) is 0 Å². The molecule has 0 bridgehead atoms. The van der Waals surface area contributed by atoms with E-state index in [1.807, 2.05) is 0 Å². The molecule has 30 heavy (non-hydrogen) atoms. The van der Waals surface area contributed by atoms with Gasteiger partial charge in [0.25, 0.3) is 5.91 Å². The van der Waals surface area contributed by atoms with E-state index in [-0.39, 0.29) is 29.1 Å². The topological polar surface area (TPSA) is 111 Å². The minimum absolute atomic E-state index is 0.00184. The van der Waals surface area contributed by atoms with Crippen LogP contribution in [0.2, 0.25) is 5.02 Å². The SMILES string of the molecule is O=C(Cn1nnn(-c2ccc(NC(=O)c3c(F)cccc3Cl)cc2)c1=O)NC1CC1. The summed E-state index contributed by atoms with van der Waals surface area (Å²) in [6.07, 6.45) is 1.89. The smallest absolute Gasteiger partial charge is 0.352 e. The van der Waals surface area contributed by atoms with Crippen LogP contribution in [-0.2, 0) is 11.3 Å². The van der Waals surface area contributed by atoms with Gasteiger partial charge in [0.2, 0.25) is 5.91 Å². The number of nitrogens with zero attached hydrogens (tertiary/aromatic N) is 4. The van der Waals surface area contributed by atoms with E-state index in [0.717, 1.165) is 28.3 Å². The summed E-state index contributed by atoms with van der Waals surface area (Å²) in [6.45, 7) is -0.215. The van der Waals surface area contributed by atoms with Gasteiger partial charge in [-0.05, 0) is 59.7 Å². The predicted molar refractivity (Wildman–Crippen MR) is 106 cm³/mol. The fraction of sp³-hybridized carbons (Fsp3) is 0.211. The van der Waals surface area contributed by atoms with E-state index in [1.165, 1.54) is 36.4 Å². The maximum Gasteiger partial charge on any atom is 0.368 e. The molecule has 1 heterocycles. The molecule has 0 unspecified atom stereocenters. The Morgan fingerprint density at radius 2 is 1.87 bits per heavy atom. The van der Waals surface area contributed by atoms with E-state index in [4.69, 9.17) is 11.6 Å². The van der Waals surface area contributed by atoms with E-state index < -0.39 is 17.4 Å². The van der Waals surface area contributed by atoms with Crippen LogP contribution in [0.1, 0.15) is 23.2 Å². The standard InChI is InChI=1S/C19H16ClFN6O3/c20-14-2-1-3-15(21)17(14)18(29)23-12-6-8-13(9-7-12)27-19(30)26(24-25-27)10-16(28)22-11-4-5-11/h1-3,6-9,11H,4-5,10H2,(H,22,28)(H,23,29). The molecule has 1 fully saturated rings. The van der Waals surface area contributed by atoms with E-state index in [9.17, 15) is 18.8 Å². The van der Waals surface area contributed by atoms with Crippen molar-refractivity contribution in [2.75, 3.05) is 5.32 Å². The number of hydrogen-bond acceptors (Lipinski definition) is 5. The lowest BCUT2D eigenvalue weighted by Crippen LogP contribution is -2.34. The van der Waals surface area contributed by atoms with Gasteiger partial charge < -0.3 is 10.6 Å². The number of carbonyl (C=O) groups is 2. The van der Waals surface area contributed by atoms with Gasteiger partial charge >= 0.3 is 5.69 Å². The van der Waals surface area contributed by atoms with Gasteiger partial charge in [-0.1, -0.05) is 17.7 Å². The third-order valence-electron chi connectivity index (χ3n) is 4.43. The second-order valence-electron chi connectivity index (χ2n) is 6.77. The Morgan fingerprint density at radius 1 is 1.13 bits per heavy atom. The van der Waals surface area contributed by atoms with Crippen LogP contribution < -0.4 is 16.3 Å². The van der Waals surface area contributed by atoms with Crippen LogP contribution >= 0.6 is 11.6 Å². The van der Waals surface area contributed by atoms with Crippen molar-refractivity contribution in [3.63, 3.8) is 0 Å². The minimum Gasteiger partial charge on any atom is -0.352 e. The zero-order valence-corrected chi connectivity index (χ0v) is 16.3. The Bertz CT molecular complexity index is 1150. The van der Waals surface area contributed by atoms with Gasteiger partial charge in [-0.3, -0.25) is 9.59 Å². The van der Waals surface area contributed by atoms with E-state index in [2.05, 4.69) is 21.1 Å². The molecule has 2 aromatic carbocycles. The van der Waals surface area contributed by atoms with Gasteiger partial charge in [-0.15, -0.1) is 0 Å². The fourth-order valence-electron chi connectivity index (χ4n) is 2.77. The molecule has 1 saturated carbocycles. The lowest BCUT2D eigenvalue weighted by molar-refractivity contribution is -0.122. The lowest BCUT2D eigenvalue weighted by atomic mass is 10.2. The third-order valence-corrected chi connectivity index (χ3v) is 4.75. The normalized spacial score (nSPS) is 13.1. The van der Waals surface area contributed by atoms with E-state index >= 15 is 0 Å². The molecule has 0 atom stereocenters. The van der Waals surface area contributed by atoms with Gasteiger partial charge in [0.15, 0.2) is 0 Å². The summed E-state index contributed by atoms with van der Waals surface area (Å²) in [6, 6.07) is 10.3. The maximum atomic E-state index is 13.9. The quantitative estimate of drug-likeness (QED) is 0.619. The number of anilines is 1. The molecule has 11 heteroatoms. The fourth-order valence-corrected chi connectivity index (χ4v) is 3.02. The molecule has 1 aromatic heterocycles. The number of hydrogen-bond donors (Lipinski definition) is 2. The first kappa shape index (κ1) is 19.8. The molecule has 0 saturated heterocycles. The Labute approximate surface area is 174 Å². The van der Waals surface area contributed by atoms with Gasteiger partial charge in [0.1, 0.15) is 12.4 Å². The minimum atomic E-state index is -0.731. The molecule has 9 nitrogen and oxygen atoms in total.